The van der Waals surface area contributed by atoms with Gasteiger partial charge in [-0.2, -0.15) is 11.8 Å². The maximum atomic E-state index is 14.1. The predicted octanol–water partition coefficient (Wildman–Crippen LogP) is 6.34. The van der Waals surface area contributed by atoms with Crippen molar-refractivity contribution >= 4 is 52.9 Å². The van der Waals surface area contributed by atoms with E-state index in [4.69, 9.17) is 25.8 Å². The van der Waals surface area contributed by atoms with Crippen LogP contribution < -0.4 is 15.0 Å². The van der Waals surface area contributed by atoms with Crippen molar-refractivity contribution in [1.29, 1.82) is 0 Å². The third kappa shape index (κ3) is 8.51. The zero-order valence-corrected chi connectivity index (χ0v) is 31.0. The van der Waals surface area contributed by atoms with Crippen molar-refractivity contribution in [3.8, 4) is 5.75 Å². The summed E-state index contributed by atoms with van der Waals surface area (Å²) < 4.78 is 17.7. The van der Waals surface area contributed by atoms with Gasteiger partial charge in [-0.05, 0) is 74.8 Å². The second-order valence-electron chi connectivity index (χ2n) is 14.0. The number of nitrogens with zero attached hydrogens (tertiary/aromatic N) is 2. The van der Waals surface area contributed by atoms with Crippen molar-refractivity contribution < 1.29 is 33.4 Å². The average molecular weight is 704 g/mol. The molecule has 4 aliphatic rings. The Hall–Kier alpha value is -3.18. The van der Waals surface area contributed by atoms with Crippen molar-refractivity contribution in [2.75, 3.05) is 38.1 Å². The van der Waals surface area contributed by atoms with Crippen LogP contribution in [0.25, 0.3) is 0 Å². The molecule has 1 N–H and O–H groups in total. The number of benzene rings is 1. The minimum absolute atomic E-state index is 0.0810. The first kappa shape index (κ1) is 37.6. The molecular weight excluding hydrogens is 654 g/mol. The third-order valence-corrected chi connectivity index (χ3v) is 11.3. The first-order chi connectivity index (χ1) is 22.6. The maximum absolute atomic E-state index is 14.1. The Labute approximate surface area is 293 Å². The van der Waals surface area contributed by atoms with E-state index in [-0.39, 0.29) is 36.3 Å². The van der Waals surface area contributed by atoms with Crippen LogP contribution >= 0.6 is 23.4 Å². The highest BCUT2D eigenvalue weighted by Gasteiger charge is 2.60. The molecule has 12 heteroatoms. The van der Waals surface area contributed by atoms with Crippen LogP contribution in [0.15, 0.2) is 35.9 Å². The summed E-state index contributed by atoms with van der Waals surface area (Å²) in [5.74, 6) is 0.0207. The number of carbonyl (C=O) groups is 4. The SMILES string of the molecule is COc1cc2cc(c1Cl)N(C)C(=O)C[C@]1(OC(=O)[C@@H](C)N(C)C(=O)CCSC)C[C@@](C)(C1)[C@H](C)[C@@H]1CC(C/C=C/C=C(/C)C2)NC(=O)O1. The molecule has 1 aromatic carbocycles. The number of hydrogen-bond acceptors (Lipinski definition) is 8. The molecule has 10 nitrogen and oxygen atoms in total. The summed E-state index contributed by atoms with van der Waals surface area (Å²) >= 11 is 8.32. The van der Waals surface area contributed by atoms with Crippen LogP contribution in [0.1, 0.15) is 71.8 Å². The van der Waals surface area contributed by atoms with Crippen LogP contribution in [0, 0.1) is 11.3 Å². The van der Waals surface area contributed by atoms with Gasteiger partial charge in [-0.1, -0.05) is 49.2 Å². The van der Waals surface area contributed by atoms with Crippen LogP contribution in [0.5, 0.6) is 5.75 Å². The van der Waals surface area contributed by atoms with Gasteiger partial charge < -0.3 is 29.3 Å². The number of alkyl carbamates (subject to hydrolysis) is 1. The lowest BCUT2D eigenvalue weighted by molar-refractivity contribution is -0.207. The molecule has 1 unspecified atom stereocenters. The molecule has 264 valence electrons. The highest BCUT2D eigenvalue weighted by atomic mass is 35.5. The number of methoxy groups -OCH3 is 1. The Morgan fingerprint density at radius 2 is 1.98 bits per heavy atom. The first-order valence-electron chi connectivity index (χ1n) is 16.5. The zero-order valence-electron chi connectivity index (χ0n) is 29.4. The molecular formula is C36H50ClN3O7S. The number of amides is 3. The van der Waals surface area contributed by atoms with Crippen LogP contribution in [-0.4, -0.2) is 85.8 Å². The lowest BCUT2D eigenvalue weighted by atomic mass is 9.52. The summed E-state index contributed by atoms with van der Waals surface area (Å²) in [4.78, 5) is 56.0. The van der Waals surface area contributed by atoms with E-state index >= 15 is 0 Å². The van der Waals surface area contributed by atoms with Gasteiger partial charge in [0, 0.05) is 38.7 Å². The van der Waals surface area contributed by atoms with Gasteiger partial charge in [0.1, 0.15) is 28.5 Å². The quantitative estimate of drug-likeness (QED) is 0.328. The molecule has 3 amide bonds. The molecule has 48 heavy (non-hydrogen) atoms. The van der Waals surface area contributed by atoms with E-state index in [0.717, 1.165) is 11.1 Å². The highest BCUT2D eigenvalue weighted by molar-refractivity contribution is 7.98. The number of allylic oxidation sites excluding steroid dienone is 3. The fraction of sp³-hybridized carbons (Fsp3) is 0.611. The van der Waals surface area contributed by atoms with Gasteiger partial charge in [0.05, 0.1) is 19.2 Å². The normalized spacial score (nSPS) is 30.1. The Kier molecular flexibility index (Phi) is 12.2. The minimum atomic E-state index is -1.13. The smallest absolute Gasteiger partial charge is 0.407 e. The number of rotatable bonds is 7. The highest BCUT2D eigenvalue weighted by Crippen LogP contribution is 2.58. The van der Waals surface area contributed by atoms with Gasteiger partial charge in [0.2, 0.25) is 11.8 Å². The third-order valence-electron chi connectivity index (χ3n) is 10.3. The molecule has 3 heterocycles. The first-order valence-corrected chi connectivity index (χ1v) is 18.3. The minimum Gasteiger partial charge on any atom is -0.495 e. The van der Waals surface area contributed by atoms with Crippen molar-refractivity contribution in [2.24, 2.45) is 11.3 Å². The van der Waals surface area contributed by atoms with Crippen LogP contribution in [-0.2, 0) is 30.3 Å². The van der Waals surface area contributed by atoms with Crippen molar-refractivity contribution in [2.45, 2.75) is 96.4 Å². The summed E-state index contributed by atoms with van der Waals surface area (Å²) in [7, 11) is 4.80. The Morgan fingerprint density at radius 3 is 2.65 bits per heavy atom. The van der Waals surface area contributed by atoms with Gasteiger partial charge in [0.25, 0.3) is 0 Å². The van der Waals surface area contributed by atoms with E-state index in [1.165, 1.54) is 16.9 Å². The molecule has 5 rings (SSSR count). The fourth-order valence-electron chi connectivity index (χ4n) is 7.17. The van der Waals surface area contributed by atoms with Gasteiger partial charge in [0.15, 0.2) is 0 Å². The molecule has 0 aromatic heterocycles. The summed E-state index contributed by atoms with van der Waals surface area (Å²) in [6, 6.07) is 2.83. The molecule has 2 fully saturated rings. The number of anilines is 1. The molecule has 1 saturated heterocycles. The lowest BCUT2D eigenvalue weighted by Crippen LogP contribution is -2.61. The van der Waals surface area contributed by atoms with Crippen LogP contribution in [0.3, 0.4) is 0 Å². The molecule has 1 aliphatic carbocycles. The van der Waals surface area contributed by atoms with Crippen molar-refractivity contribution in [1.82, 2.24) is 10.2 Å². The van der Waals surface area contributed by atoms with E-state index in [2.05, 4.69) is 25.2 Å². The van der Waals surface area contributed by atoms with Gasteiger partial charge in [-0.3, -0.25) is 9.59 Å². The number of fused-ring (bicyclic) bond motifs is 5. The number of esters is 1. The molecule has 4 atom stereocenters. The fourth-order valence-corrected chi connectivity index (χ4v) is 7.86. The van der Waals surface area contributed by atoms with E-state index in [1.807, 2.05) is 37.5 Å². The summed E-state index contributed by atoms with van der Waals surface area (Å²) in [5.41, 5.74) is 0.974. The number of thioether (sulfide) groups is 1. The number of nitrogens with one attached hydrogen (secondary N) is 1. The van der Waals surface area contributed by atoms with E-state index in [9.17, 15) is 19.2 Å². The van der Waals surface area contributed by atoms with Gasteiger partial charge >= 0.3 is 12.1 Å². The summed E-state index contributed by atoms with van der Waals surface area (Å²) in [6.45, 7) is 7.82. The van der Waals surface area contributed by atoms with E-state index in [0.29, 0.717) is 60.7 Å². The molecule has 0 spiro atoms. The van der Waals surface area contributed by atoms with Crippen LogP contribution in [0.4, 0.5) is 10.5 Å². The topological polar surface area (TPSA) is 114 Å². The summed E-state index contributed by atoms with van der Waals surface area (Å²) in [6.07, 6.45) is 10.1. The molecule has 3 aliphatic heterocycles. The lowest BCUT2D eigenvalue weighted by Gasteiger charge is -2.58. The van der Waals surface area contributed by atoms with Crippen LogP contribution in [0.2, 0.25) is 5.02 Å². The number of likely N-dealkylation sites (N-methyl/N-ethyl adjacent to an activating group) is 1. The second-order valence-corrected chi connectivity index (χ2v) is 15.3. The Bertz CT molecular complexity index is 1460. The largest absolute Gasteiger partial charge is 0.495 e. The second kappa shape index (κ2) is 15.6. The average Bonchev–Trinajstić information content (AvgIpc) is 3.03. The standard InChI is InChI=1S/C36H50ClN3O7S/c1-22-11-9-10-12-26-18-28(46-34(44)38-26)23(2)35(4)20-36(21-35,47-33(43)24(3)39(5)30(41)13-14-48-8)19-31(42)40(6)27-16-25(15-22)17-29(45-7)32(27)37/h9-11,16-17,23-24,26,28H,12-15,18-21H2,1-8H3,(H,38,44)/b10-9+,22-11-/t23-,24-,26?,28+,35-,36-/m1/s1. The Morgan fingerprint density at radius 1 is 1.27 bits per heavy atom. The van der Waals surface area contributed by atoms with Crippen molar-refractivity contribution in [3.05, 3.63) is 46.5 Å². The number of hydrogen-bond donors (Lipinski definition) is 1. The molecule has 1 aromatic rings. The van der Waals surface area contributed by atoms with Gasteiger partial charge in [-0.25, -0.2) is 9.59 Å². The summed E-state index contributed by atoms with van der Waals surface area (Å²) in [5, 5.41) is 3.26. The predicted molar refractivity (Wildman–Crippen MR) is 190 cm³/mol. The zero-order chi connectivity index (χ0) is 35.4. The van der Waals surface area contributed by atoms with Gasteiger partial charge in [-0.15, -0.1) is 0 Å². The number of ether oxygens (including phenoxy) is 3. The maximum Gasteiger partial charge on any atom is 0.407 e. The van der Waals surface area contributed by atoms with E-state index in [1.54, 1.807) is 32.8 Å². The Balaban J connectivity index is 1.70. The number of halogens is 1. The molecule has 1 saturated carbocycles. The monoisotopic (exact) mass is 703 g/mol. The molecule has 0 radical (unpaired) electrons. The number of carbonyl (C=O) groups excluding carboxylic acids is 4. The van der Waals surface area contributed by atoms with E-state index < -0.39 is 29.1 Å². The molecule has 6 bridgehead atoms. The van der Waals surface area contributed by atoms with Crippen molar-refractivity contribution in [3.63, 3.8) is 0 Å².